The summed E-state index contributed by atoms with van der Waals surface area (Å²) in [6.45, 7) is 4.66. The molecule has 1 aromatic carbocycles. The van der Waals surface area contributed by atoms with Crippen molar-refractivity contribution in [1.29, 1.82) is 0 Å². The van der Waals surface area contributed by atoms with Crippen molar-refractivity contribution < 1.29 is 14.3 Å². The topological polar surface area (TPSA) is 96.5 Å². The lowest BCUT2D eigenvalue weighted by atomic mass is 10.1. The Labute approximate surface area is 215 Å². The van der Waals surface area contributed by atoms with Crippen molar-refractivity contribution in [3.63, 3.8) is 0 Å². The number of hydrogen-bond donors (Lipinski definition) is 1. The maximum atomic E-state index is 13.0. The van der Waals surface area contributed by atoms with Crippen molar-refractivity contribution in [2.75, 3.05) is 46.4 Å². The number of amides is 1. The lowest BCUT2D eigenvalue weighted by Gasteiger charge is -2.32. The van der Waals surface area contributed by atoms with Gasteiger partial charge in [0, 0.05) is 68.4 Å². The number of nitrogens with one attached hydrogen (secondary N) is 1. The van der Waals surface area contributed by atoms with Gasteiger partial charge in [-0.05, 0) is 42.9 Å². The predicted octanol–water partition coefficient (Wildman–Crippen LogP) is 3.17. The van der Waals surface area contributed by atoms with E-state index in [0.29, 0.717) is 24.5 Å². The average Bonchev–Trinajstić information content (AvgIpc) is 3.59. The number of carbonyl (C=O) groups excluding carboxylic acids is 1. The fourth-order valence-corrected chi connectivity index (χ4v) is 4.82. The Morgan fingerprint density at radius 3 is 2.76 bits per heavy atom. The lowest BCUT2D eigenvalue weighted by Crippen LogP contribution is -2.47. The number of nitrogens with zero attached hydrogens (tertiary/aromatic N) is 5. The van der Waals surface area contributed by atoms with Crippen molar-refractivity contribution in [3.8, 4) is 17.1 Å². The Hall–Kier alpha value is -3.82. The van der Waals surface area contributed by atoms with E-state index in [0.717, 1.165) is 72.8 Å². The number of hydrogen-bond acceptors (Lipinski definition) is 7. The van der Waals surface area contributed by atoms with E-state index < -0.39 is 0 Å². The van der Waals surface area contributed by atoms with Gasteiger partial charge in [0.05, 0.1) is 24.6 Å². The fourth-order valence-electron chi connectivity index (χ4n) is 4.82. The van der Waals surface area contributed by atoms with Gasteiger partial charge in [-0.2, -0.15) is 0 Å². The molecule has 1 N–H and O–H groups in total. The number of fused-ring (bicyclic) bond motifs is 1. The third-order valence-electron chi connectivity index (χ3n) is 6.96. The standard InChI is InChI=1S/C28H30N6O3/c1-33-9-11-34(12-10-33)28(35)26-16-20-14-19(2-3-23(20)31-26)15-27-30-8-5-24(32-27)25-17-21(4-7-29-25)37-22-6-13-36-18-22/h2-5,7-8,14,16-17,22,31H,6,9-13,15,18H2,1H3/t22-/m0/s1. The molecule has 37 heavy (non-hydrogen) atoms. The molecule has 3 aromatic heterocycles. The molecule has 5 heterocycles. The van der Waals surface area contributed by atoms with Crippen molar-refractivity contribution >= 4 is 16.8 Å². The number of aromatic amines is 1. The van der Waals surface area contributed by atoms with E-state index >= 15 is 0 Å². The van der Waals surface area contributed by atoms with Crippen molar-refractivity contribution in [1.82, 2.24) is 29.7 Å². The molecule has 2 saturated heterocycles. The second-order valence-corrected chi connectivity index (χ2v) is 9.72. The molecule has 0 saturated carbocycles. The van der Waals surface area contributed by atoms with Gasteiger partial charge < -0.3 is 24.3 Å². The second kappa shape index (κ2) is 10.3. The molecule has 190 valence electrons. The van der Waals surface area contributed by atoms with E-state index in [1.165, 1.54) is 0 Å². The van der Waals surface area contributed by atoms with E-state index in [9.17, 15) is 4.79 Å². The summed E-state index contributed by atoms with van der Waals surface area (Å²) in [4.78, 5) is 34.2. The molecule has 0 radical (unpaired) electrons. The number of pyridine rings is 1. The highest BCUT2D eigenvalue weighted by Gasteiger charge is 2.22. The number of carbonyl (C=O) groups is 1. The summed E-state index contributed by atoms with van der Waals surface area (Å²) in [6, 6.07) is 13.7. The monoisotopic (exact) mass is 498 g/mol. The van der Waals surface area contributed by atoms with Gasteiger partial charge in [-0.3, -0.25) is 9.78 Å². The van der Waals surface area contributed by atoms with Crippen LogP contribution in [0.25, 0.3) is 22.3 Å². The summed E-state index contributed by atoms with van der Waals surface area (Å²) < 4.78 is 11.4. The third-order valence-corrected chi connectivity index (χ3v) is 6.96. The Kier molecular flexibility index (Phi) is 6.55. The van der Waals surface area contributed by atoms with Gasteiger partial charge in [-0.25, -0.2) is 9.97 Å². The van der Waals surface area contributed by atoms with Crippen molar-refractivity contribution in [2.45, 2.75) is 18.9 Å². The summed E-state index contributed by atoms with van der Waals surface area (Å²) in [6.07, 6.45) is 5.05. The highest BCUT2D eigenvalue weighted by Crippen LogP contribution is 2.24. The molecular weight excluding hydrogens is 468 g/mol. The average molecular weight is 499 g/mol. The quantitative estimate of drug-likeness (QED) is 0.436. The molecule has 0 unspecified atom stereocenters. The molecule has 9 nitrogen and oxygen atoms in total. The fraction of sp³-hybridized carbons (Fsp3) is 0.357. The Morgan fingerprint density at radius 2 is 1.92 bits per heavy atom. The van der Waals surface area contributed by atoms with Crippen LogP contribution >= 0.6 is 0 Å². The summed E-state index contributed by atoms with van der Waals surface area (Å²) in [7, 11) is 2.08. The van der Waals surface area contributed by atoms with Crippen LogP contribution in [0.1, 0.15) is 28.3 Å². The van der Waals surface area contributed by atoms with E-state index in [1.54, 1.807) is 12.4 Å². The van der Waals surface area contributed by atoms with E-state index in [1.807, 2.05) is 35.2 Å². The molecule has 2 fully saturated rings. The zero-order valence-electron chi connectivity index (χ0n) is 20.9. The summed E-state index contributed by atoms with van der Waals surface area (Å²) in [5, 5.41) is 1.01. The van der Waals surface area contributed by atoms with Crippen LogP contribution in [0.4, 0.5) is 0 Å². The minimum Gasteiger partial charge on any atom is -0.488 e. The SMILES string of the molecule is CN1CCN(C(=O)c2cc3cc(Cc4nccc(-c5cc(O[C@H]6CCOC6)ccn5)n4)ccc3[nH]2)CC1. The van der Waals surface area contributed by atoms with Crippen LogP contribution in [0.3, 0.4) is 0 Å². The van der Waals surface area contributed by atoms with Gasteiger partial charge >= 0.3 is 0 Å². The Bertz CT molecular complexity index is 1410. The van der Waals surface area contributed by atoms with Crippen LogP contribution in [-0.2, 0) is 11.2 Å². The van der Waals surface area contributed by atoms with Crippen LogP contribution < -0.4 is 4.74 Å². The van der Waals surface area contributed by atoms with E-state index in [-0.39, 0.29) is 12.0 Å². The van der Waals surface area contributed by atoms with Gasteiger partial charge in [-0.1, -0.05) is 6.07 Å². The van der Waals surface area contributed by atoms with Gasteiger partial charge in [0.15, 0.2) is 0 Å². The first-order chi connectivity index (χ1) is 18.1. The first-order valence-electron chi connectivity index (χ1n) is 12.7. The van der Waals surface area contributed by atoms with Gasteiger partial charge in [0.1, 0.15) is 23.4 Å². The third kappa shape index (κ3) is 5.33. The Balaban J connectivity index is 1.17. The first kappa shape index (κ1) is 23.6. The molecule has 1 atom stereocenters. The second-order valence-electron chi connectivity index (χ2n) is 9.72. The number of piperazine rings is 1. The molecule has 9 heteroatoms. The minimum absolute atomic E-state index is 0.0565. The Morgan fingerprint density at radius 1 is 1.05 bits per heavy atom. The smallest absolute Gasteiger partial charge is 0.270 e. The molecule has 6 rings (SSSR count). The zero-order chi connectivity index (χ0) is 25.2. The largest absolute Gasteiger partial charge is 0.488 e. The van der Waals surface area contributed by atoms with Crippen LogP contribution in [0.2, 0.25) is 0 Å². The maximum absolute atomic E-state index is 13.0. The first-order valence-corrected chi connectivity index (χ1v) is 12.7. The molecule has 1 amide bonds. The van der Waals surface area contributed by atoms with Gasteiger partial charge in [-0.15, -0.1) is 0 Å². The molecule has 4 aromatic rings. The van der Waals surface area contributed by atoms with Gasteiger partial charge in [0.25, 0.3) is 5.91 Å². The molecule has 0 spiro atoms. The maximum Gasteiger partial charge on any atom is 0.270 e. The number of aromatic nitrogens is 4. The van der Waals surface area contributed by atoms with Gasteiger partial charge in [0.2, 0.25) is 0 Å². The van der Waals surface area contributed by atoms with Crippen molar-refractivity contribution in [3.05, 3.63) is 71.9 Å². The van der Waals surface area contributed by atoms with E-state index in [4.69, 9.17) is 14.5 Å². The van der Waals surface area contributed by atoms with E-state index in [2.05, 4.69) is 39.0 Å². The zero-order valence-corrected chi connectivity index (χ0v) is 20.9. The summed E-state index contributed by atoms with van der Waals surface area (Å²) in [5.74, 6) is 1.53. The molecule has 2 aliphatic heterocycles. The lowest BCUT2D eigenvalue weighted by molar-refractivity contribution is 0.0659. The number of ether oxygens (including phenoxy) is 2. The molecule has 0 bridgehead atoms. The predicted molar refractivity (Wildman–Crippen MR) is 140 cm³/mol. The normalized spacial score (nSPS) is 18.4. The molecular formula is C28H30N6O3. The van der Waals surface area contributed by atoms with Crippen molar-refractivity contribution in [2.24, 2.45) is 0 Å². The highest BCUT2D eigenvalue weighted by atomic mass is 16.5. The van der Waals surface area contributed by atoms with Crippen LogP contribution in [0, 0.1) is 0 Å². The molecule has 2 aliphatic rings. The van der Waals surface area contributed by atoms with Crippen LogP contribution in [0.15, 0.2) is 54.9 Å². The summed E-state index contributed by atoms with van der Waals surface area (Å²) >= 11 is 0. The number of benzene rings is 1. The van der Waals surface area contributed by atoms with Crippen LogP contribution in [0.5, 0.6) is 5.75 Å². The summed E-state index contributed by atoms with van der Waals surface area (Å²) in [5.41, 5.74) is 4.15. The number of likely N-dealkylation sites (N-methyl/N-ethyl adjacent to an activating group) is 1. The highest BCUT2D eigenvalue weighted by molar-refractivity contribution is 5.98. The minimum atomic E-state index is 0.0565. The number of H-pyrrole nitrogens is 1. The van der Waals surface area contributed by atoms with Crippen LogP contribution in [-0.4, -0.2) is 88.2 Å². The molecule has 0 aliphatic carbocycles. The number of rotatable bonds is 6.